The van der Waals surface area contributed by atoms with E-state index in [1.54, 1.807) is 25.4 Å². The molecule has 36 heavy (non-hydrogen) atoms. The molecule has 1 aromatic heterocycles. The van der Waals surface area contributed by atoms with E-state index < -0.39 is 0 Å². The largest absolute Gasteiger partial charge is 0.497 e. The molecular weight excluding hydrogens is 474 g/mol. The maximum absolute atomic E-state index is 13.5. The summed E-state index contributed by atoms with van der Waals surface area (Å²) in [6.45, 7) is 0.485. The first kappa shape index (κ1) is 23.6. The molecule has 5 rings (SSSR count). The van der Waals surface area contributed by atoms with Crippen LogP contribution >= 0.6 is 11.6 Å². The molecule has 0 spiro atoms. The number of carbonyl (C=O) groups is 1. The minimum Gasteiger partial charge on any atom is -0.497 e. The first-order valence-electron chi connectivity index (χ1n) is 11.5. The number of rotatable bonds is 7. The van der Waals surface area contributed by atoms with Crippen molar-refractivity contribution in [2.75, 3.05) is 7.11 Å². The summed E-state index contributed by atoms with van der Waals surface area (Å²) in [6.07, 6.45) is 2.11. The van der Waals surface area contributed by atoms with Crippen LogP contribution in [-0.4, -0.2) is 28.7 Å². The highest BCUT2D eigenvalue weighted by Crippen LogP contribution is 2.35. The van der Waals surface area contributed by atoms with Crippen LogP contribution in [0.5, 0.6) is 11.5 Å². The Balaban J connectivity index is 1.41. The summed E-state index contributed by atoms with van der Waals surface area (Å²) in [4.78, 5) is 17.6. The second kappa shape index (κ2) is 10.6. The Hall–Kier alpha value is -4.16. The number of hydrazone groups is 1. The standard InChI is InChI=1S/C29H24ClN3O3/c1-35-23-13-9-21(10-14-23)26-18-27(33(32-26)29(34)25-8-5-17-31-28(25)30)22-11-15-24(16-12-22)36-19-20-6-3-2-4-7-20/h2-17,27H,18-19H2,1H3. The fraction of sp³-hybridized carbons (Fsp3) is 0.138. The van der Waals surface area contributed by atoms with Gasteiger partial charge in [0, 0.05) is 12.6 Å². The molecule has 6 nitrogen and oxygen atoms in total. The number of methoxy groups -OCH3 is 1. The van der Waals surface area contributed by atoms with Crippen LogP contribution < -0.4 is 9.47 Å². The number of hydrogen-bond donors (Lipinski definition) is 0. The van der Waals surface area contributed by atoms with Gasteiger partial charge < -0.3 is 9.47 Å². The van der Waals surface area contributed by atoms with Crippen molar-refractivity contribution < 1.29 is 14.3 Å². The number of benzene rings is 3. The molecule has 0 saturated carbocycles. The molecule has 1 aliphatic heterocycles. The van der Waals surface area contributed by atoms with Crippen LogP contribution in [0.25, 0.3) is 0 Å². The van der Waals surface area contributed by atoms with Gasteiger partial charge in [-0.3, -0.25) is 4.79 Å². The first-order valence-corrected chi connectivity index (χ1v) is 11.9. The summed E-state index contributed by atoms with van der Waals surface area (Å²) in [7, 11) is 1.63. The van der Waals surface area contributed by atoms with Gasteiger partial charge in [0.05, 0.1) is 24.4 Å². The zero-order chi connectivity index (χ0) is 24.9. The quantitative estimate of drug-likeness (QED) is 0.280. The van der Waals surface area contributed by atoms with Crippen molar-refractivity contribution in [2.24, 2.45) is 5.10 Å². The molecule has 4 aromatic rings. The Bertz CT molecular complexity index is 1370. The van der Waals surface area contributed by atoms with E-state index >= 15 is 0 Å². The van der Waals surface area contributed by atoms with Crippen LogP contribution in [0.3, 0.4) is 0 Å². The van der Waals surface area contributed by atoms with Gasteiger partial charge in [-0.25, -0.2) is 9.99 Å². The average molecular weight is 498 g/mol. The second-order valence-electron chi connectivity index (χ2n) is 8.33. The lowest BCUT2D eigenvalue weighted by atomic mass is 9.98. The van der Waals surface area contributed by atoms with Gasteiger partial charge in [-0.1, -0.05) is 54.1 Å². The van der Waals surface area contributed by atoms with Crippen LogP contribution in [0.4, 0.5) is 0 Å². The van der Waals surface area contributed by atoms with Crippen molar-refractivity contribution in [1.82, 2.24) is 9.99 Å². The molecule has 7 heteroatoms. The van der Waals surface area contributed by atoms with Gasteiger partial charge in [-0.2, -0.15) is 5.10 Å². The topological polar surface area (TPSA) is 64.0 Å². The number of carbonyl (C=O) groups excluding carboxylic acids is 1. The molecule has 0 radical (unpaired) electrons. The summed E-state index contributed by atoms with van der Waals surface area (Å²) in [6, 6.07) is 28.5. The Morgan fingerprint density at radius 3 is 2.36 bits per heavy atom. The van der Waals surface area contributed by atoms with E-state index in [-0.39, 0.29) is 17.1 Å². The lowest BCUT2D eigenvalue weighted by molar-refractivity contribution is 0.0711. The van der Waals surface area contributed by atoms with Gasteiger partial charge in [-0.15, -0.1) is 0 Å². The molecular formula is C29H24ClN3O3. The van der Waals surface area contributed by atoms with E-state index in [9.17, 15) is 4.79 Å². The lowest BCUT2D eigenvalue weighted by Gasteiger charge is -2.22. The lowest BCUT2D eigenvalue weighted by Crippen LogP contribution is -2.27. The van der Waals surface area contributed by atoms with Crippen LogP contribution in [-0.2, 0) is 6.61 Å². The predicted octanol–water partition coefficient (Wildman–Crippen LogP) is 6.31. The fourth-order valence-corrected chi connectivity index (χ4v) is 4.31. The zero-order valence-electron chi connectivity index (χ0n) is 19.7. The van der Waals surface area contributed by atoms with Crippen LogP contribution in [0, 0.1) is 0 Å². The molecule has 0 saturated heterocycles. The summed E-state index contributed by atoms with van der Waals surface area (Å²) in [5, 5.41) is 6.38. The van der Waals surface area contributed by atoms with Crippen LogP contribution in [0.2, 0.25) is 5.15 Å². The van der Waals surface area contributed by atoms with Crippen molar-refractivity contribution in [2.45, 2.75) is 19.1 Å². The Morgan fingerprint density at radius 2 is 1.67 bits per heavy atom. The van der Waals surface area contributed by atoms with Crippen LogP contribution in [0.15, 0.2) is 102 Å². The maximum Gasteiger partial charge on any atom is 0.277 e. The zero-order valence-corrected chi connectivity index (χ0v) is 20.4. The van der Waals surface area contributed by atoms with E-state index in [1.165, 1.54) is 5.01 Å². The normalized spacial score (nSPS) is 14.9. The molecule has 0 bridgehead atoms. The smallest absolute Gasteiger partial charge is 0.277 e. The molecule has 2 heterocycles. The highest BCUT2D eigenvalue weighted by molar-refractivity contribution is 6.32. The minimum atomic E-state index is -0.300. The minimum absolute atomic E-state index is 0.152. The van der Waals surface area contributed by atoms with E-state index in [0.717, 1.165) is 33.9 Å². The predicted molar refractivity (Wildman–Crippen MR) is 140 cm³/mol. The Labute approximate surface area is 214 Å². The van der Waals surface area contributed by atoms with E-state index in [1.807, 2.05) is 78.9 Å². The molecule has 0 aliphatic carbocycles. The fourth-order valence-electron chi connectivity index (χ4n) is 4.11. The number of pyridine rings is 1. The van der Waals surface area contributed by atoms with Crippen molar-refractivity contribution in [3.63, 3.8) is 0 Å². The number of halogens is 1. The summed E-state index contributed by atoms with van der Waals surface area (Å²) >= 11 is 6.25. The molecule has 0 fully saturated rings. The third-order valence-electron chi connectivity index (χ3n) is 6.04. The molecule has 1 aliphatic rings. The molecule has 0 N–H and O–H groups in total. The van der Waals surface area contributed by atoms with Gasteiger partial charge in [0.25, 0.3) is 5.91 Å². The van der Waals surface area contributed by atoms with E-state index in [4.69, 9.17) is 26.2 Å². The third-order valence-corrected chi connectivity index (χ3v) is 6.35. The van der Waals surface area contributed by atoms with Crippen molar-refractivity contribution >= 4 is 23.2 Å². The first-order chi connectivity index (χ1) is 17.6. The summed E-state index contributed by atoms with van der Waals surface area (Å²) < 4.78 is 11.2. The molecule has 3 aromatic carbocycles. The van der Waals surface area contributed by atoms with Gasteiger partial charge in [0.2, 0.25) is 0 Å². The number of aromatic nitrogens is 1. The number of ether oxygens (including phenoxy) is 2. The molecule has 1 atom stereocenters. The number of nitrogens with zero attached hydrogens (tertiary/aromatic N) is 3. The van der Waals surface area contributed by atoms with Gasteiger partial charge in [-0.05, 0) is 65.2 Å². The van der Waals surface area contributed by atoms with Gasteiger partial charge in [0.1, 0.15) is 23.3 Å². The number of amides is 1. The molecule has 1 unspecified atom stereocenters. The van der Waals surface area contributed by atoms with Crippen LogP contribution in [0.1, 0.15) is 39.5 Å². The highest BCUT2D eigenvalue weighted by Gasteiger charge is 2.34. The Morgan fingerprint density at radius 1 is 0.944 bits per heavy atom. The van der Waals surface area contributed by atoms with Gasteiger partial charge >= 0.3 is 0 Å². The number of hydrogen-bond acceptors (Lipinski definition) is 5. The van der Waals surface area contributed by atoms with E-state index in [2.05, 4.69) is 4.98 Å². The average Bonchev–Trinajstić information content (AvgIpc) is 3.38. The van der Waals surface area contributed by atoms with Crippen molar-refractivity contribution in [3.8, 4) is 11.5 Å². The maximum atomic E-state index is 13.5. The summed E-state index contributed by atoms with van der Waals surface area (Å²) in [5.41, 5.74) is 4.09. The molecule has 180 valence electrons. The second-order valence-corrected chi connectivity index (χ2v) is 8.69. The SMILES string of the molecule is COc1ccc(C2=NN(C(=O)c3cccnc3Cl)C(c3ccc(OCc4ccccc4)cc3)C2)cc1. The Kier molecular flexibility index (Phi) is 6.96. The van der Waals surface area contributed by atoms with Crippen molar-refractivity contribution in [1.29, 1.82) is 0 Å². The van der Waals surface area contributed by atoms with Crippen molar-refractivity contribution in [3.05, 3.63) is 125 Å². The summed E-state index contributed by atoms with van der Waals surface area (Å²) in [5.74, 6) is 1.21. The third kappa shape index (κ3) is 5.09. The van der Waals surface area contributed by atoms with Gasteiger partial charge in [0.15, 0.2) is 0 Å². The monoisotopic (exact) mass is 497 g/mol. The molecule has 1 amide bonds. The van der Waals surface area contributed by atoms with E-state index in [0.29, 0.717) is 18.6 Å². The highest BCUT2D eigenvalue weighted by atomic mass is 35.5.